The molecular formula is C11H22N2O2. The molecule has 0 aliphatic carbocycles. The fraction of sp³-hybridized carbons (Fsp3) is 0.909. The molecule has 1 heterocycles. The summed E-state index contributed by atoms with van der Waals surface area (Å²) < 4.78 is 0. The summed E-state index contributed by atoms with van der Waals surface area (Å²) in [5.74, 6) is 0.114. The lowest BCUT2D eigenvalue weighted by Crippen LogP contribution is -2.36. The van der Waals surface area contributed by atoms with Crippen LogP contribution in [0.15, 0.2) is 0 Å². The first-order chi connectivity index (χ1) is 6.91. The van der Waals surface area contributed by atoms with Crippen molar-refractivity contribution in [2.24, 2.45) is 5.73 Å². The summed E-state index contributed by atoms with van der Waals surface area (Å²) in [7, 11) is 0. The van der Waals surface area contributed by atoms with E-state index in [-0.39, 0.29) is 11.9 Å². The lowest BCUT2D eigenvalue weighted by Gasteiger charge is -2.23. The van der Waals surface area contributed by atoms with E-state index in [0.717, 1.165) is 19.4 Å². The summed E-state index contributed by atoms with van der Waals surface area (Å²) >= 11 is 0. The Morgan fingerprint density at radius 3 is 2.80 bits per heavy atom. The number of carbonyl (C=O) groups is 1. The van der Waals surface area contributed by atoms with Gasteiger partial charge in [-0.2, -0.15) is 0 Å². The van der Waals surface area contributed by atoms with E-state index in [9.17, 15) is 9.90 Å². The lowest BCUT2D eigenvalue weighted by molar-refractivity contribution is -0.131. The maximum Gasteiger partial charge on any atom is 0.224 e. The van der Waals surface area contributed by atoms with Gasteiger partial charge in [-0.3, -0.25) is 4.79 Å². The van der Waals surface area contributed by atoms with Crippen LogP contribution in [0, 0.1) is 0 Å². The van der Waals surface area contributed by atoms with Crippen molar-refractivity contribution in [2.45, 2.75) is 51.2 Å². The van der Waals surface area contributed by atoms with Crippen LogP contribution in [0.25, 0.3) is 0 Å². The fourth-order valence-electron chi connectivity index (χ4n) is 1.92. The van der Waals surface area contributed by atoms with E-state index in [0.29, 0.717) is 19.4 Å². The minimum atomic E-state index is -0.608. The molecule has 0 radical (unpaired) electrons. The van der Waals surface area contributed by atoms with Gasteiger partial charge in [-0.15, -0.1) is 0 Å². The fourth-order valence-corrected chi connectivity index (χ4v) is 1.92. The van der Waals surface area contributed by atoms with Gasteiger partial charge >= 0.3 is 0 Å². The summed E-state index contributed by atoms with van der Waals surface area (Å²) in [4.78, 5) is 13.6. The molecule has 15 heavy (non-hydrogen) atoms. The van der Waals surface area contributed by atoms with Gasteiger partial charge in [0.25, 0.3) is 0 Å². The summed E-state index contributed by atoms with van der Waals surface area (Å²) in [5, 5.41) is 9.87. The standard InChI is InChI=1S/C11H22N2O2/c1-9(12)8-10(14)13-6-3-4-11(2,15)5-7-13/h9,15H,3-8,12H2,1-2H3. The van der Waals surface area contributed by atoms with Crippen molar-refractivity contribution in [1.82, 2.24) is 4.90 Å². The molecule has 4 heteroatoms. The van der Waals surface area contributed by atoms with Gasteiger partial charge in [0.1, 0.15) is 0 Å². The Bertz CT molecular complexity index is 227. The number of nitrogens with zero attached hydrogens (tertiary/aromatic N) is 1. The number of likely N-dealkylation sites (tertiary alicyclic amines) is 1. The van der Waals surface area contributed by atoms with E-state index < -0.39 is 5.60 Å². The molecule has 1 saturated heterocycles. The summed E-state index contributed by atoms with van der Waals surface area (Å²) in [5.41, 5.74) is 4.99. The zero-order chi connectivity index (χ0) is 11.5. The molecule has 1 rings (SSSR count). The van der Waals surface area contributed by atoms with Crippen LogP contribution in [0.1, 0.15) is 39.5 Å². The minimum Gasteiger partial charge on any atom is -0.390 e. The van der Waals surface area contributed by atoms with E-state index in [4.69, 9.17) is 5.73 Å². The highest BCUT2D eigenvalue weighted by Crippen LogP contribution is 2.21. The SMILES string of the molecule is CC(N)CC(=O)N1CCCC(C)(O)CC1. The number of carbonyl (C=O) groups excluding carboxylic acids is 1. The van der Waals surface area contributed by atoms with Crippen LogP contribution in [0.5, 0.6) is 0 Å². The molecule has 0 aromatic heterocycles. The van der Waals surface area contributed by atoms with Gasteiger partial charge in [0.05, 0.1) is 5.60 Å². The van der Waals surface area contributed by atoms with Crippen LogP contribution < -0.4 is 5.73 Å². The molecule has 1 aliphatic rings. The molecule has 0 spiro atoms. The van der Waals surface area contributed by atoms with Gasteiger partial charge in [-0.25, -0.2) is 0 Å². The molecular weight excluding hydrogens is 192 g/mol. The maximum atomic E-state index is 11.7. The minimum absolute atomic E-state index is 0.0822. The molecule has 1 aliphatic heterocycles. The Morgan fingerprint density at radius 2 is 2.20 bits per heavy atom. The topological polar surface area (TPSA) is 66.6 Å². The Kier molecular flexibility index (Phi) is 4.11. The predicted octanol–water partition coefficient (Wildman–Crippen LogP) is 0.487. The van der Waals surface area contributed by atoms with Crippen molar-refractivity contribution in [3.05, 3.63) is 0 Å². The van der Waals surface area contributed by atoms with Gasteiger partial charge in [0, 0.05) is 25.6 Å². The highest BCUT2D eigenvalue weighted by atomic mass is 16.3. The van der Waals surface area contributed by atoms with Crippen molar-refractivity contribution >= 4 is 5.91 Å². The van der Waals surface area contributed by atoms with Crippen molar-refractivity contribution in [1.29, 1.82) is 0 Å². The Morgan fingerprint density at radius 1 is 1.53 bits per heavy atom. The van der Waals surface area contributed by atoms with Crippen LogP contribution in [0.2, 0.25) is 0 Å². The van der Waals surface area contributed by atoms with Gasteiger partial charge in [0.2, 0.25) is 5.91 Å². The van der Waals surface area contributed by atoms with E-state index in [1.807, 2.05) is 18.7 Å². The normalized spacial score (nSPS) is 29.7. The third-order valence-corrected chi connectivity index (χ3v) is 2.91. The lowest BCUT2D eigenvalue weighted by atomic mass is 9.98. The summed E-state index contributed by atoms with van der Waals surface area (Å²) in [6.07, 6.45) is 2.71. The first-order valence-corrected chi connectivity index (χ1v) is 5.66. The number of hydrogen-bond acceptors (Lipinski definition) is 3. The molecule has 1 amide bonds. The van der Waals surface area contributed by atoms with Gasteiger partial charge in [-0.1, -0.05) is 0 Å². The average Bonchev–Trinajstić information content (AvgIpc) is 2.25. The predicted molar refractivity (Wildman–Crippen MR) is 59.3 cm³/mol. The van der Waals surface area contributed by atoms with Crippen molar-refractivity contribution < 1.29 is 9.90 Å². The van der Waals surface area contributed by atoms with E-state index in [1.165, 1.54) is 0 Å². The molecule has 2 atom stereocenters. The first-order valence-electron chi connectivity index (χ1n) is 5.66. The monoisotopic (exact) mass is 214 g/mol. The van der Waals surface area contributed by atoms with E-state index in [1.54, 1.807) is 0 Å². The average molecular weight is 214 g/mol. The number of nitrogens with two attached hydrogens (primary N) is 1. The molecule has 88 valence electrons. The molecule has 0 bridgehead atoms. The van der Waals surface area contributed by atoms with Gasteiger partial charge < -0.3 is 15.7 Å². The third kappa shape index (κ3) is 4.18. The molecule has 0 saturated carbocycles. The van der Waals surface area contributed by atoms with E-state index >= 15 is 0 Å². The molecule has 2 unspecified atom stereocenters. The summed E-state index contributed by atoms with van der Waals surface area (Å²) in [6.45, 7) is 5.08. The van der Waals surface area contributed by atoms with E-state index in [2.05, 4.69) is 0 Å². The third-order valence-electron chi connectivity index (χ3n) is 2.91. The largest absolute Gasteiger partial charge is 0.390 e. The molecule has 0 aromatic rings. The second kappa shape index (κ2) is 4.94. The van der Waals surface area contributed by atoms with Crippen LogP contribution in [0.4, 0.5) is 0 Å². The van der Waals surface area contributed by atoms with Crippen molar-refractivity contribution in [2.75, 3.05) is 13.1 Å². The highest BCUT2D eigenvalue weighted by molar-refractivity contribution is 5.76. The molecule has 1 fully saturated rings. The number of aliphatic hydroxyl groups is 1. The molecule has 0 aromatic carbocycles. The number of amides is 1. The zero-order valence-electron chi connectivity index (χ0n) is 9.70. The summed E-state index contributed by atoms with van der Waals surface area (Å²) in [6, 6.07) is -0.0822. The smallest absolute Gasteiger partial charge is 0.224 e. The van der Waals surface area contributed by atoms with Crippen LogP contribution in [-0.4, -0.2) is 40.6 Å². The molecule has 3 N–H and O–H groups in total. The van der Waals surface area contributed by atoms with Crippen molar-refractivity contribution in [3.63, 3.8) is 0 Å². The Labute approximate surface area is 91.4 Å². The highest BCUT2D eigenvalue weighted by Gasteiger charge is 2.26. The number of rotatable bonds is 2. The first kappa shape index (κ1) is 12.5. The van der Waals surface area contributed by atoms with Crippen LogP contribution >= 0.6 is 0 Å². The Balaban J connectivity index is 2.47. The van der Waals surface area contributed by atoms with Gasteiger partial charge in [-0.05, 0) is 33.1 Å². The quantitative estimate of drug-likeness (QED) is 0.703. The zero-order valence-corrected chi connectivity index (χ0v) is 9.70. The second-order valence-electron chi connectivity index (χ2n) is 4.91. The molecule has 4 nitrogen and oxygen atoms in total. The van der Waals surface area contributed by atoms with Gasteiger partial charge in [0.15, 0.2) is 0 Å². The van der Waals surface area contributed by atoms with Crippen molar-refractivity contribution in [3.8, 4) is 0 Å². The van der Waals surface area contributed by atoms with Crippen LogP contribution in [0.3, 0.4) is 0 Å². The maximum absolute atomic E-state index is 11.7. The second-order valence-corrected chi connectivity index (χ2v) is 4.91. The van der Waals surface area contributed by atoms with Crippen LogP contribution in [-0.2, 0) is 4.79 Å². The number of hydrogen-bond donors (Lipinski definition) is 2. The Hall–Kier alpha value is -0.610.